The van der Waals surface area contributed by atoms with Crippen LogP contribution in [-0.4, -0.2) is 10.9 Å². The minimum atomic E-state index is -0.333. The third kappa shape index (κ3) is 2.97. The van der Waals surface area contributed by atoms with Gasteiger partial charge in [0.1, 0.15) is 5.69 Å². The number of benzene rings is 2. The fraction of sp³-hybridized carbons (Fsp3) is 0. The normalized spacial score (nSPS) is 10.5. The third-order valence-electron chi connectivity index (χ3n) is 3.08. The molecule has 3 rings (SSSR count). The van der Waals surface area contributed by atoms with Gasteiger partial charge in [-0.05, 0) is 58.3 Å². The van der Waals surface area contributed by atoms with Gasteiger partial charge < -0.3 is 10.3 Å². The first-order valence-corrected chi connectivity index (χ1v) is 7.40. The number of fused-ring (bicyclic) bond motifs is 1. The fourth-order valence-corrected chi connectivity index (χ4v) is 2.64. The van der Waals surface area contributed by atoms with Gasteiger partial charge in [0.15, 0.2) is 0 Å². The van der Waals surface area contributed by atoms with Crippen LogP contribution < -0.4 is 10.9 Å². The smallest absolute Gasteiger partial charge is 0.272 e. The van der Waals surface area contributed by atoms with E-state index >= 15 is 0 Å². The summed E-state index contributed by atoms with van der Waals surface area (Å²) < 4.78 is 1.03. The molecule has 0 aliphatic rings. The SMILES string of the molecule is O=C(Nc1cccc(I)c1)c1cc2ccccc2c(=O)[nH]1. The summed E-state index contributed by atoms with van der Waals surface area (Å²) in [4.78, 5) is 26.8. The minimum absolute atomic E-state index is 0.248. The number of carbonyl (C=O) groups excluding carboxylic acids is 1. The van der Waals surface area contributed by atoms with Gasteiger partial charge in [-0.1, -0.05) is 24.3 Å². The van der Waals surface area contributed by atoms with Gasteiger partial charge in [0.2, 0.25) is 0 Å². The summed E-state index contributed by atoms with van der Waals surface area (Å²) >= 11 is 2.17. The van der Waals surface area contributed by atoms with E-state index in [0.717, 1.165) is 8.96 Å². The highest BCUT2D eigenvalue weighted by Gasteiger charge is 2.09. The Morgan fingerprint density at radius 2 is 1.86 bits per heavy atom. The van der Waals surface area contributed by atoms with Crippen molar-refractivity contribution in [2.24, 2.45) is 0 Å². The van der Waals surface area contributed by atoms with Gasteiger partial charge in [0, 0.05) is 14.6 Å². The third-order valence-corrected chi connectivity index (χ3v) is 3.75. The Balaban J connectivity index is 1.96. The fourth-order valence-electron chi connectivity index (χ4n) is 2.10. The second-order valence-electron chi connectivity index (χ2n) is 4.56. The van der Waals surface area contributed by atoms with Crippen molar-refractivity contribution in [3.8, 4) is 0 Å². The van der Waals surface area contributed by atoms with Gasteiger partial charge in [0.05, 0.1) is 0 Å². The highest BCUT2D eigenvalue weighted by atomic mass is 127. The summed E-state index contributed by atoms with van der Waals surface area (Å²) in [5, 5.41) is 4.09. The summed E-state index contributed by atoms with van der Waals surface area (Å²) in [5.41, 5.74) is 0.680. The average molecular weight is 390 g/mol. The number of aromatic amines is 1. The number of pyridine rings is 1. The summed E-state index contributed by atoms with van der Waals surface area (Å²) in [6, 6.07) is 16.3. The molecule has 0 fully saturated rings. The molecule has 4 nitrogen and oxygen atoms in total. The number of nitrogens with one attached hydrogen (secondary N) is 2. The lowest BCUT2D eigenvalue weighted by Gasteiger charge is -2.06. The summed E-state index contributed by atoms with van der Waals surface area (Å²) in [5.74, 6) is -0.333. The van der Waals surface area contributed by atoms with Gasteiger partial charge >= 0.3 is 0 Å². The van der Waals surface area contributed by atoms with Crippen molar-refractivity contribution in [3.05, 3.63) is 74.2 Å². The Kier molecular flexibility index (Phi) is 3.74. The molecule has 0 aliphatic carbocycles. The molecule has 2 aromatic carbocycles. The Morgan fingerprint density at radius 3 is 2.67 bits per heavy atom. The topological polar surface area (TPSA) is 62.0 Å². The molecule has 0 spiro atoms. The highest BCUT2D eigenvalue weighted by molar-refractivity contribution is 14.1. The standard InChI is InChI=1S/C16H11IN2O2/c17-11-5-3-6-12(9-11)18-16(21)14-8-10-4-1-2-7-13(10)15(20)19-14/h1-9H,(H,18,21)(H,19,20). The van der Waals surface area contributed by atoms with E-state index < -0.39 is 0 Å². The summed E-state index contributed by atoms with van der Waals surface area (Å²) in [6.45, 7) is 0. The first-order valence-electron chi connectivity index (χ1n) is 6.32. The quantitative estimate of drug-likeness (QED) is 0.660. The van der Waals surface area contributed by atoms with Crippen LogP contribution >= 0.6 is 22.6 Å². The highest BCUT2D eigenvalue weighted by Crippen LogP contribution is 2.14. The Morgan fingerprint density at radius 1 is 1.05 bits per heavy atom. The number of aromatic nitrogens is 1. The van der Waals surface area contributed by atoms with E-state index in [9.17, 15) is 9.59 Å². The molecule has 0 unspecified atom stereocenters. The molecule has 1 heterocycles. The molecule has 0 aliphatic heterocycles. The lowest BCUT2D eigenvalue weighted by atomic mass is 10.1. The molecule has 0 saturated carbocycles. The maximum absolute atomic E-state index is 12.2. The molecule has 104 valence electrons. The maximum Gasteiger partial charge on any atom is 0.272 e. The number of hydrogen-bond acceptors (Lipinski definition) is 2. The van der Waals surface area contributed by atoms with Crippen LogP contribution in [0.5, 0.6) is 0 Å². The monoisotopic (exact) mass is 390 g/mol. The maximum atomic E-state index is 12.2. The largest absolute Gasteiger partial charge is 0.321 e. The molecule has 3 aromatic rings. The Hall–Kier alpha value is -2.15. The molecule has 1 aromatic heterocycles. The van der Waals surface area contributed by atoms with Crippen LogP contribution in [0.3, 0.4) is 0 Å². The van der Waals surface area contributed by atoms with Crippen molar-refractivity contribution >= 4 is 45.0 Å². The van der Waals surface area contributed by atoms with Crippen LogP contribution in [0.1, 0.15) is 10.5 Å². The van der Waals surface area contributed by atoms with Gasteiger partial charge in [-0.2, -0.15) is 0 Å². The summed E-state index contributed by atoms with van der Waals surface area (Å²) in [6.07, 6.45) is 0. The number of halogens is 1. The Bertz CT molecular complexity index is 887. The lowest BCUT2D eigenvalue weighted by molar-refractivity contribution is 0.102. The van der Waals surface area contributed by atoms with E-state index in [0.29, 0.717) is 11.1 Å². The molecular formula is C16H11IN2O2. The number of amides is 1. The van der Waals surface area contributed by atoms with Crippen LogP contribution in [0.2, 0.25) is 0 Å². The van der Waals surface area contributed by atoms with Gasteiger partial charge in [-0.25, -0.2) is 0 Å². The molecule has 2 N–H and O–H groups in total. The van der Waals surface area contributed by atoms with E-state index in [4.69, 9.17) is 0 Å². The van der Waals surface area contributed by atoms with E-state index in [-0.39, 0.29) is 17.2 Å². The van der Waals surface area contributed by atoms with Crippen molar-refractivity contribution in [2.45, 2.75) is 0 Å². The first kappa shape index (κ1) is 13.8. The van der Waals surface area contributed by atoms with Crippen molar-refractivity contribution < 1.29 is 4.79 Å². The van der Waals surface area contributed by atoms with Crippen molar-refractivity contribution in [2.75, 3.05) is 5.32 Å². The molecular weight excluding hydrogens is 379 g/mol. The van der Waals surface area contributed by atoms with Crippen LogP contribution in [0.15, 0.2) is 59.4 Å². The van der Waals surface area contributed by atoms with Gasteiger partial charge in [0.25, 0.3) is 11.5 Å². The predicted molar refractivity (Wildman–Crippen MR) is 91.7 cm³/mol. The Labute approximate surface area is 134 Å². The number of rotatable bonds is 2. The zero-order valence-corrected chi connectivity index (χ0v) is 13.0. The van der Waals surface area contributed by atoms with Gasteiger partial charge in [-0.15, -0.1) is 0 Å². The molecule has 0 radical (unpaired) electrons. The van der Waals surface area contributed by atoms with Crippen molar-refractivity contribution in [3.63, 3.8) is 0 Å². The van der Waals surface area contributed by atoms with E-state index in [1.54, 1.807) is 24.3 Å². The second kappa shape index (κ2) is 5.69. The number of H-pyrrole nitrogens is 1. The molecule has 0 atom stereocenters. The van der Waals surface area contributed by atoms with E-state index in [1.807, 2.05) is 30.3 Å². The van der Waals surface area contributed by atoms with Crippen LogP contribution in [-0.2, 0) is 0 Å². The summed E-state index contributed by atoms with van der Waals surface area (Å²) in [7, 11) is 0. The molecule has 21 heavy (non-hydrogen) atoms. The van der Waals surface area contributed by atoms with Crippen LogP contribution in [0.25, 0.3) is 10.8 Å². The number of hydrogen-bond donors (Lipinski definition) is 2. The van der Waals surface area contributed by atoms with E-state index in [2.05, 4.69) is 32.9 Å². The molecule has 1 amide bonds. The van der Waals surface area contributed by atoms with E-state index in [1.165, 1.54) is 0 Å². The average Bonchev–Trinajstić information content (AvgIpc) is 2.47. The number of carbonyl (C=O) groups is 1. The zero-order valence-electron chi connectivity index (χ0n) is 10.9. The molecule has 0 saturated heterocycles. The zero-order chi connectivity index (χ0) is 14.8. The van der Waals surface area contributed by atoms with Crippen molar-refractivity contribution in [1.82, 2.24) is 4.98 Å². The minimum Gasteiger partial charge on any atom is -0.321 e. The first-order chi connectivity index (χ1) is 10.1. The van der Waals surface area contributed by atoms with Crippen LogP contribution in [0, 0.1) is 3.57 Å². The molecule has 5 heteroatoms. The predicted octanol–water partition coefficient (Wildman–Crippen LogP) is 3.39. The van der Waals surface area contributed by atoms with Crippen LogP contribution in [0.4, 0.5) is 5.69 Å². The number of anilines is 1. The van der Waals surface area contributed by atoms with Crippen molar-refractivity contribution in [1.29, 1.82) is 0 Å². The van der Waals surface area contributed by atoms with Gasteiger partial charge in [-0.3, -0.25) is 9.59 Å². The molecule has 0 bridgehead atoms. The lowest BCUT2D eigenvalue weighted by Crippen LogP contribution is -2.18. The second-order valence-corrected chi connectivity index (χ2v) is 5.81.